The average molecular weight is 298 g/mol. The summed E-state index contributed by atoms with van der Waals surface area (Å²) in [5, 5.41) is 0.263. The Morgan fingerprint density at radius 1 is 1.18 bits per heavy atom. The normalized spacial score (nSPS) is 10.9. The predicted molar refractivity (Wildman–Crippen MR) is 83.2 cm³/mol. The summed E-state index contributed by atoms with van der Waals surface area (Å²) >= 11 is 0. The molecule has 0 amide bonds. The molecule has 1 heterocycles. The van der Waals surface area contributed by atoms with Crippen molar-refractivity contribution >= 4 is 10.9 Å². The third-order valence-electron chi connectivity index (χ3n) is 3.40. The van der Waals surface area contributed by atoms with Crippen molar-refractivity contribution in [3.8, 4) is 11.4 Å². The molecule has 1 aromatic heterocycles. The number of ether oxygens (including phenoxy) is 1. The second kappa shape index (κ2) is 5.60. The van der Waals surface area contributed by atoms with Gasteiger partial charge in [-0.05, 0) is 56.3 Å². The summed E-state index contributed by atoms with van der Waals surface area (Å²) in [4.78, 5) is 17.0. The van der Waals surface area contributed by atoms with Gasteiger partial charge in [0.2, 0.25) is 0 Å². The summed E-state index contributed by atoms with van der Waals surface area (Å²) in [6, 6.07) is 11.2. The van der Waals surface area contributed by atoms with Gasteiger partial charge in [-0.25, -0.2) is 9.37 Å². The van der Waals surface area contributed by atoms with Crippen LogP contribution >= 0.6 is 0 Å². The van der Waals surface area contributed by atoms with Gasteiger partial charge >= 0.3 is 0 Å². The van der Waals surface area contributed by atoms with Crippen LogP contribution in [0.25, 0.3) is 16.6 Å². The standard InChI is InChI=1S/C17H15FN2O2/c1-3-22-14-7-5-13(6-8-14)20-11(2)19-16-9-4-12(18)10-15(16)17(20)21/h4-10H,3H2,1-2H3. The minimum Gasteiger partial charge on any atom is -0.494 e. The smallest absolute Gasteiger partial charge is 0.266 e. The van der Waals surface area contributed by atoms with Gasteiger partial charge in [0, 0.05) is 0 Å². The molecule has 112 valence electrons. The highest BCUT2D eigenvalue weighted by molar-refractivity contribution is 5.78. The summed E-state index contributed by atoms with van der Waals surface area (Å²) in [5.41, 5.74) is 0.877. The van der Waals surface area contributed by atoms with Crippen LogP contribution in [0, 0.1) is 12.7 Å². The Labute approximate surface area is 126 Å². The van der Waals surface area contributed by atoms with Crippen molar-refractivity contribution in [3.63, 3.8) is 0 Å². The molecule has 22 heavy (non-hydrogen) atoms. The van der Waals surface area contributed by atoms with Gasteiger partial charge in [0.25, 0.3) is 5.56 Å². The fraction of sp³-hybridized carbons (Fsp3) is 0.176. The highest BCUT2D eigenvalue weighted by atomic mass is 19.1. The van der Waals surface area contributed by atoms with Crippen LogP contribution in [0.3, 0.4) is 0 Å². The second-order valence-electron chi connectivity index (χ2n) is 4.89. The summed E-state index contributed by atoms with van der Waals surface area (Å²) in [6.45, 7) is 4.24. The Morgan fingerprint density at radius 3 is 2.59 bits per heavy atom. The maximum Gasteiger partial charge on any atom is 0.266 e. The van der Waals surface area contributed by atoms with E-state index in [1.54, 1.807) is 31.2 Å². The van der Waals surface area contributed by atoms with E-state index in [0.717, 1.165) is 5.75 Å². The lowest BCUT2D eigenvalue weighted by Crippen LogP contribution is -2.22. The van der Waals surface area contributed by atoms with Gasteiger partial charge in [-0.15, -0.1) is 0 Å². The number of aryl methyl sites for hydroxylation is 1. The monoisotopic (exact) mass is 298 g/mol. The zero-order chi connectivity index (χ0) is 15.7. The first-order valence-electron chi connectivity index (χ1n) is 7.02. The lowest BCUT2D eigenvalue weighted by Gasteiger charge is -2.11. The zero-order valence-electron chi connectivity index (χ0n) is 12.3. The molecule has 0 fully saturated rings. The summed E-state index contributed by atoms with van der Waals surface area (Å²) < 4.78 is 20.3. The topological polar surface area (TPSA) is 44.1 Å². The number of fused-ring (bicyclic) bond motifs is 1. The van der Waals surface area contributed by atoms with E-state index in [9.17, 15) is 9.18 Å². The van der Waals surface area contributed by atoms with Gasteiger partial charge in [0.1, 0.15) is 17.4 Å². The highest BCUT2D eigenvalue weighted by Crippen LogP contribution is 2.17. The van der Waals surface area contributed by atoms with Gasteiger partial charge in [0.15, 0.2) is 0 Å². The minimum absolute atomic E-state index is 0.263. The molecule has 0 radical (unpaired) electrons. The number of aromatic nitrogens is 2. The Hall–Kier alpha value is -2.69. The van der Waals surface area contributed by atoms with Crippen LogP contribution in [0.15, 0.2) is 47.3 Å². The Balaban J connectivity index is 2.19. The first kappa shape index (κ1) is 14.3. The van der Waals surface area contributed by atoms with E-state index >= 15 is 0 Å². The lowest BCUT2D eigenvalue weighted by molar-refractivity contribution is 0.340. The molecule has 0 N–H and O–H groups in total. The number of benzene rings is 2. The van der Waals surface area contributed by atoms with E-state index in [-0.39, 0.29) is 10.9 Å². The molecule has 5 heteroatoms. The van der Waals surface area contributed by atoms with Gasteiger partial charge in [-0.2, -0.15) is 0 Å². The fourth-order valence-electron chi connectivity index (χ4n) is 2.43. The molecular weight excluding hydrogens is 283 g/mol. The first-order chi connectivity index (χ1) is 10.6. The number of nitrogens with zero attached hydrogens (tertiary/aromatic N) is 2. The maximum absolute atomic E-state index is 13.4. The lowest BCUT2D eigenvalue weighted by atomic mass is 10.2. The van der Waals surface area contributed by atoms with Crippen molar-refractivity contribution in [2.75, 3.05) is 6.61 Å². The van der Waals surface area contributed by atoms with Crippen LogP contribution in [-0.2, 0) is 0 Å². The van der Waals surface area contributed by atoms with Crippen molar-refractivity contribution in [3.05, 3.63) is 64.5 Å². The molecule has 0 spiro atoms. The molecule has 3 aromatic rings. The SMILES string of the molecule is CCOc1ccc(-n2c(C)nc3ccc(F)cc3c2=O)cc1. The quantitative estimate of drug-likeness (QED) is 0.745. The van der Waals surface area contributed by atoms with Gasteiger partial charge in [-0.1, -0.05) is 0 Å². The van der Waals surface area contributed by atoms with Gasteiger partial charge in [-0.3, -0.25) is 9.36 Å². The third-order valence-corrected chi connectivity index (χ3v) is 3.40. The molecule has 0 aliphatic rings. The zero-order valence-corrected chi connectivity index (χ0v) is 12.3. The van der Waals surface area contributed by atoms with E-state index in [1.807, 2.05) is 6.92 Å². The van der Waals surface area contributed by atoms with Crippen LogP contribution < -0.4 is 10.3 Å². The molecule has 2 aromatic carbocycles. The van der Waals surface area contributed by atoms with E-state index in [1.165, 1.54) is 22.8 Å². The Morgan fingerprint density at radius 2 is 1.91 bits per heavy atom. The van der Waals surface area contributed by atoms with Crippen molar-refractivity contribution in [1.82, 2.24) is 9.55 Å². The molecule has 0 bridgehead atoms. The van der Waals surface area contributed by atoms with Crippen LogP contribution in [0.4, 0.5) is 4.39 Å². The number of rotatable bonds is 3. The molecule has 4 nitrogen and oxygen atoms in total. The molecule has 0 unspecified atom stereocenters. The summed E-state index contributed by atoms with van der Waals surface area (Å²) in [5.74, 6) is 0.832. The Kier molecular flexibility index (Phi) is 3.63. The van der Waals surface area contributed by atoms with Gasteiger partial charge in [0.05, 0.1) is 23.2 Å². The second-order valence-corrected chi connectivity index (χ2v) is 4.89. The van der Waals surface area contributed by atoms with E-state index in [0.29, 0.717) is 23.6 Å². The molecule has 0 saturated heterocycles. The van der Waals surface area contributed by atoms with E-state index in [4.69, 9.17) is 4.74 Å². The maximum atomic E-state index is 13.4. The number of halogens is 1. The van der Waals surface area contributed by atoms with Crippen LogP contribution in [0.5, 0.6) is 5.75 Å². The third kappa shape index (κ3) is 2.45. The number of hydrogen-bond donors (Lipinski definition) is 0. The molecular formula is C17H15FN2O2. The molecule has 0 aliphatic heterocycles. The van der Waals surface area contributed by atoms with Crippen molar-refractivity contribution in [2.45, 2.75) is 13.8 Å². The molecule has 3 rings (SSSR count). The van der Waals surface area contributed by atoms with Crippen LogP contribution in [-0.4, -0.2) is 16.2 Å². The van der Waals surface area contributed by atoms with E-state index in [2.05, 4.69) is 4.98 Å². The van der Waals surface area contributed by atoms with Crippen molar-refractivity contribution < 1.29 is 9.13 Å². The molecule has 0 aliphatic carbocycles. The molecule has 0 atom stereocenters. The van der Waals surface area contributed by atoms with Crippen molar-refractivity contribution in [2.24, 2.45) is 0 Å². The number of hydrogen-bond acceptors (Lipinski definition) is 3. The van der Waals surface area contributed by atoms with Crippen molar-refractivity contribution in [1.29, 1.82) is 0 Å². The highest BCUT2D eigenvalue weighted by Gasteiger charge is 2.10. The first-order valence-corrected chi connectivity index (χ1v) is 7.02. The fourth-order valence-corrected chi connectivity index (χ4v) is 2.43. The largest absolute Gasteiger partial charge is 0.494 e. The van der Waals surface area contributed by atoms with Crippen LogP contribution in [0.1, 0.15) is 12.7 Å². The minimum atomic E-state index is -0.450. The summed E-state index contributed by atoms with van der Waals surface area (Å²) in [6.07, 6.45) is 0. The van der Waals surface area contributed by atoms with E-state index < -0.39 is 5.82 Å². The summed E-state index contributed by atoms with van der Waals surface area (Å²) in [7, 11) is 0. The van der Waals surface area contributed by atoms with Gasteiger partial charge < -0.3 is 4.74 Å². The average Bonchev–Trinajstić information content (AvgIpc) is 2.50. The Bertz CT molecular complexity index is 886. The molecule has 0 saturated carbocycles. The van der Waals surface area contributed by atoms with Crippen LogP contribution in [0.2, 0.25) is 0 Å². The predicted octanol–water partition coefficient (Wildman–Crippen LogP) is 3.23.